The largest absolute Gasteiger partial charge is 0.457 e. The molecule has 4 nitrogen and oxygen atoms in total. The Morgan fingerprint density at radius 1 is 1.21 bits per heavy atom. The van der Waals surface area contributed by atoms with Crippen LogP contribution in [0.2, 0.25) is 5.02 Å². The van der Waals surface area contributed by atoms with Gasteiger partial charge in [-0.25, -0.2) is 9.18 Å². The molecule has 0 atom stereocenters. The van der Waals surface area contributed by atoms with Gasteiger partial charge in [-0.2, -0.15) is 0 Å². The number of benzene rings is 2. The molecule has 24 heavy (non-hydrogen) atoms. The molecule has 0 aliphatic carbocycles. The number of carbonyl (C=O) groups is 1. The van der Waals surface area contributed by atoms with Gasteiger partial charge >= 0.3 is 5.97 Å². The van der Waals surface area contributed by atoms with Gasteiger partial charge in [0, 0.05) is 11.1 Å². The lowest BCUT2D eigenvalue weighted by atomic mass is 10.1. The number of ether oxygens (including phenoxy) is 1. The monoisotopic (exact) mass is 345 g/mol. The first kappa shape index (κ1) is 16.2. The van der Waals surface area contributed by atoms with E-state index in [0.717, 1.165) is 5.56 Å². The summed E-state index contributed by atoms with van der Waals surface area (Å²) in [5.41, 5.74) is 1.46. The molecular formula is C18H13ClFNO3. The maximum atomic E-state index is 13.8. The molecule has 0 bridgehead atoms. The fourth-order valence-electron chi connectivity index (χ4n) is 2.29. The van der Waals surface area contributed by atoms with Crippen LogP contribution in [0.25, 0.3) is 11.3 Å². The summed E-state index contributed by atoms with van der Waals surface area (Å²) in [6, 6.07) is 13.4. The summed E-state index contributed by atoms with van der Waals surface area (Å²) in [7, 11) is 0. The van der Waals surface area contributed by atoms with E-state index in [9.17, 15) is 9.18 Å². The lowest BCUT2D eigenvalue weighted by Crippen LogP contribution is -2.08. The van der Waals surface area contributed by atoms with Gasteiger partial charge in [0.2, 0.25) is 0 Å². The van der Waals surface area contributed by atoms with E-state index in [-0.39, 0.29) is 22.8 Å². The molecule has 0 aliphatic rings. The molecule has 0 unspecified atom stereocenters. The van der Waals surface area contributed by atoms with E-state index in [1.165, 1.54) is 18.2 Å². The molecule has 0 aliphatic heterocycles. The molecule has 0 amide bonds. The minimum atomic E-state index is -0.646. The van der Waals surface area contributed by atoms with E-state index in [1.54, 1.807) is 6.92 Å². The number of halogens is 2. The third-order valence-corrected chi connectivity index (χ3v) is 3.88. The Kier molecular flexibility index (Phi) is 4.62. The van der Waals surface area contributed by atoms with Crippen LogP contribution in [-0.4, -0.2) is 11.1 Å². The second kappa shape index (κ2) is 6.84. The second-order valence-corrected chi connectivity index (χ2v) is 5.51. The lowest BCUT2D eigenvalue weighted by Gasteiger charge is -2.08. The molecule has 0 fully saturated rings. The highest BCUT2D eigenvalue weighted by Gasteiger charge is 2.23. The van der Waals surface area contributed by atoms with Gasteiger partial charge in [0.15, 0.2) is 0 Å². The van der Waals surface area contributed by atoms with Gasteiger partial charge < -0.3 is 9.26 Å². The molecule has 1 heterocycles. The Morgan fingerprint density at radius 2 is 1.96 bits per heavy atom. The number of nitrogens with zero attached hydrogens (tertiary/aromatic N) is 1. The minimum Gasteiger partial charge on any atom is -0.457 e. The molecule has 3 rings (SSSR count). The van der Waals surface area contributed by atoms with Gasteiger partial charge in [0.1, 0.15) is 29.4 Å². The minimum absolute atomic E-state index is 0.128. The Labute approximate surface area is 142 Å². The summed E-state index contributed by atoms with van der Waals surface area (Å²) < 4.78 is 24.1. The van der Waals surface area contributed by atoms with Crippen molar-refractivity contribution in [3.8, 4) is 11.3 Å². The summed E-state index contributed by atoms with van der Waals surface area (Å²) in [6.45, 7) is 1.34. The fourth-order valence-corrected chi connectivity index (χ4v) is 2.50. The zero-order chi connectivity index (χ0) is 17.1. The van der Waals surface area contributed by atoms with Crippen LogP contribution < -0.4 is 0 Å². The highest BCUT2D eigenvalue weighted by atomic mass is 35.5. The number of esters is 1. The van der Waals surface area contributed by atoms with Gasteiger partial charge in [0.05, 0.1) is 5.02 Å². The molecule has 122 valence electrons. The Bertz CT molecular complexity index is 857. The second-order valence-electron chi connectivity index (χ2n) is 5.10. The highest BCUT2D eigenvalue weighted by molar-refractivity contribution is 6.31. The van der Waals surface area contributed by atoms with Gasteiger partial charge in [-0.1, -0.05) is 53.2 Å². The summed E-state index contributed by atoms with van der Waals surface area (Å²) in [4.78, 5) is 12.4. The van der Waals surface area contributed by atoms with Crippen molar-refractivity contribution in [3.05, 3.63) is 76.3 Å². The number of rotatable bonds is 4. The highest BCUT2D eigenvalue weighted by Crippen LogP contribution is 2.27. The van der Waals surface area contributed by atoms with Crippen LogP contribution in [0.3, 0.4) is 0 Å². The summed E-state index contributed by atoms with van der Waals surface area (Å²) in [5.74, 6) is -0.842. The van der Waals surface area contributed by atoms with Gasteiger partial charge in [-0.05, 0) is 19.1 Å². The van der Waals surface area contributed by atoms with Crippen molar-refractivity contribution in [2.75, 3.05) is 0 Å². The van der Waals surface area contributed by atoms with Crippen molar-refractivity contribution in [2.24, 2.45) is 0 Å². The number of hydrogen-bond donors (Lipinski definition) is 0. The Hall–Kier alpha value is -2.66. The Balaban J connectivity index is 1.85. The third kappa shape index (κ3) is 3.16. The fraction of sp³-hybridized carbons (Fsp3) is 0.111. The van der Waals surface area contributed by atoms with Gasteiger partial charge in [-0.15, -0.1) is 0 Å². The van der Waals surface area contributed by atoms with Gasteiger partial charge in [-0.3, -0.25) is 0 Å². The molecule has 0 saturated carbocycles. The van der Waals surface area contributed by atoms with E-state index in [2.05, 4.69) is 5.16 Å². The summed E-state index contributed by atoms with van der Waals surface area (Å²) in [6.07, 6.45) is 0. The van der Waals surface area contributed by atoms with Crippen LogP contribution in [0, 0.1) is 12.7 Å². The molecule has 2 aromatic carbocycles. The maximum absolute atomic E-state index is 13.8. The Morgan fingerprint density at radius 3 is 2.67 bits per heavy atom. The molecule has 0 spiro atoms. The van der Waals surface area contributed by atoms with Gasteiger partial charge in [0.25, 0.3) is 0 Å². The average molecular weight is 346 g/mol. The number of aryl methyl sites for hydroxylation is 1. The average Bonchev–Trinajstić information content (AvgIpc) is 2.97. The standard InChI is InChI=1S/C18H13ClFNO3/c1-11-16(17(21-24-11)12-6-3-2-4-7-12)18(22)23-10-13-14(19)8-5-9-15(13)20/h2-9H,10H2,1H3. The first-order valence-corrected chi connectivity index (χ1v) is 7.57. The molecule has 0 radical (unpaired) electrons. The van der Waals surface area contributed by atoms with E-state index in [4.69, 9.17) is 20.9 Å². The van der Waals surface area contributed by atoms with E-state index < -0.39 is 11.8 Å². The molecular weight excluding hydrogens is 333 g/mol. The third-order valence-electron chi connectivity index (χ3n) is 3.52. The summed E-state index contributed by atoms with van der Waals surface area (Å²) in [5, 5.41) is 4.12. The van der Waals surface area contributed by atoms with E-state index in [0.29, 0.717) is 11.5 Å². The van der Waals surface area contributed by atoms with Crippen molar-refractivity contribution in [1.82, 2.24) is 5.16 Å². The van der Waals surface area contributed by atoms with E-state index >= 15 is 0 Å². The molecule has 3 aromatic rings. The zero-order valence-electron chi connectivity index (χ0n) is 12.8. The zero-order valence-corrected chi connectivity index (χ0v) is 13.5. The van der Waals surface area contributed by atoms with Crippen LogP contribution in [-0.2, 0) is 11.3 Å². The molecule has 0 saturated heterocycles. The smallest absolute Gasteiger partial charge is 0.344 e. The quantitative estimate of drug-likeness (QED) is 0.637. The number of aromatic nitrogens is 1. The SMILES string of the molecule is Cc1onc(-c2ccccc2)c1C(=O)OCc1c(F)cccc1Cl. The first-order valence-electron chi connectivity index (χ1n) is 7.19. The van der Waals surface area contributed by atoms with Crippen LogP contribution in [0.5, 0.6) is 0 Å². The number of hydrogen-bond acceptors (Lipinski definition) is 4. The molecule has 1 aromatic heterocycles. The maximum Gasteiger partial charge on any atom is 0.344 e. The van der Waals surface area contributed by atoms with Crippen molar-refractivity contribution in [1.29, 1.82) is 0 Å². The first-order chi connectivity index (χ1) is 11.6. The van der Waals surface area contributed by atoms with Crippen molar-refractivity contribution in [3.63, 3.8) is 0 Å². The molecule has 0 N–H and O–H groups in total. The predicted molar refractivity (Wildman–Crippen MR) is 87.2 cm³/mol. The van der Waals surface area contributed by atoms with E-state index in [1.807, 2.05) is 30.3 Å². The van der Waals surface area contributed by atoms with Crippen molar-refractivity contribution >= 4 is 17.6 Å². The molecule has 6 heteroatoms. The van der Waals surface area contributed by atoms with Crippen LogP contribution in [0.1, 0.15) is 21.7 Å². The van der Waals surface area contributed by atoms with Crippen molar-refractivity contribution in [2.45, 2.75) is 13.5 Å². The normalized spacial score (nSPS) is 10.6. The lowest BCUT2D eigenvalue weighted by molar-refractivity contribution is 0.0468. The van der Waals surface area contributed by atoms with Crippen LogP contribution in [0.4, 0.5) is 4.39 Å². The van der Waals surface area contributed by atoms with Crippen LogP contribution in [0.15, 0.2) is 53.1 Å². The topological polar surface area (TPSA) is 52.3 Å². The summed E-state index contributed by atoms with van der Waals surface area (Å²) >= 11 is 5.93. The number of carbonyl (C=O) groups excluding carboxylic acids is 1. The van der Waals surface area contributed by atoms with Crippen molar-refractivity contribution < 1.29 is 18.4 Å². The van der Waals surface area contributed by atoms with Crippen LogP contribution >= 0.6 is 11.6 Å². The predicted octanol–water partition coefficient (Wildman–Crippen LogP) is 4.80.